The van der Waals surface area contributed by atoms with E-state index in [1.165, 1.54) is 0 Å². The van der Waals surface area contributed by atoms with Crippen LogP contribution >= 0.6 is 0 Å². The minimum absolute atomic E-state index is 0.181. The zero-order valence-corrected chi connectivity index (χ0v) is 17.3. The van der Waals surface area contributed by atoms with Crippen LogP contribution in [0.15, 0.2) is 0 Å². The lowest BCUT2D eigenvalue weighted by atomic mass is 10.2. The molecule has 0 aromatic carbocycles. The molecule has 0 aromatic rings. The van der Waals surface area contributed by atoms with E-state index in [0.29, 0.717) is 13.0 Å². The van der Waals surface area contributed by atoms with Crippen LogP contribution in [0.5, 0.6) is 0 Å². The van der Waals surface area contributed by atoms with E-state index in [2.05, 4.69) is 38.7 Å². The number of hydrogen-bond donors (Lipinski definition) is 1. The first-order valence-corrected chi connectivity index (χ1v) is 11.1. The van der Waals surface area contributed by atoms with Crippen molar-refractivity contribution in [2.45, 2.75) is 78.1 Å². The first-order valence-electron chi connectivity index (χ1n) is 8.21. The van der Waals surface area contributed by atoms with Crippen LogP contribution in [-0.2, 0) is 18.7 Å². The van der Waals surface area contributed by atoms with Crippen LogP contribution in [0.2, 0.25) is 18.1 Å². The lowest BCUT2D eigenvalue weighted by Gasteiger charge is -2.36. The van der Waals surface area contributed by atoms with Crippen molar-refractivity contribution in [2.75, 3.05) is 13.2 Å². The molecule has 0 spiro atoms. The van der Waals surface area contributed by atoms with Crippen LogP contribution in [-0.4, -0.2) is 39.4 Å². The third-order valence-corrected chi connectivity index (χ3v) is 8.18. The van der Waals surface area contributed by atoms with Crippen LogP contribution in [0.3, 0.4) is 0 Å². The highest BCUT2D eigenvalue weighted by molar-refractivity contribution is 6.74. The van der Waals surface area contributed by atoms with Crippen molar-refractivity contribution in [1.29, 1.82) is 0 Å². The number of rotatable bonds is 6. The highest BCUT2D eigenvalue weighted by Crippen LogP contribution is 2.36. The Morgan fingerprint density at radius 2 is 1.50 bits per heavy atom. The fraction of sp³-hybridized carbons (Fsp3) is 0.875. The molecule has 0 bridgehead atoms. The third kappa shape index (κ3) is 10.5. The zero-order chi connectivity index (χ0) is 19.0. The Balaban J connectivity index is 3.75. The van der Waals surface area contributed by atoms with Gasteiger partial charge in [0.1, 0.15) is 5.60 Å². The van der Waals surface area contributed by atoms with Gasteiger partial charge in [0, 0.05) is 6.61 Å². The van der Waals surface area contributed by atoms with Gasteiger partial charge in [0.2, 0.25) is 0 Å². The van der Waals surface area contributed by atoms with Gasteiger partial charge in [0.15, 0.2) is 8.32 Å². The van der Waals surface area contributed by atoms with Gasteiger partial charge in [-0.25, -0.2) is 9.59 Å². The van der Waals surface area contributed by atoms with Crippen LogP contribution < -0.4 is 5.48 Å². The molecule has 0 aromatic heterocycles. The summed E-state index contributed by atoms with van der Waals surface area (Å²) in [6.45, 7) is 16.9. The van der Waals surface area contributed by atoms with E-state index >= 15 is 0 Å². The van der Waals surface area contributed by atoms with E-state index in [-0.39, 0.29) is 11.6 Å². The number of carbonyl (C=O) groups excluding carboxylic acids is 2. The molecule has 0 aliphatic rings. The predicted molar refractivity (Wildman–Crippen MR) is 94.2 cm³/mol. The van der Waals surface area contributed by atoms with Crippen molar-refractivity contribution in [3.63, 3.8) is 0 Å². The molecule has 142 valence electrons. The van der Waals surface area contributed by atoms with Gasteiger partial charge in [0.25, 0.3) is 0 Å². The topological polar surface area (TPSA) is 83.1 Å². The largest absolute Gasteiger partial charge is 0.533 e. The SMILES string of the molecule is CC(C)(C)OC(=O)NOC(=O)OCCCCO[Si](C)(C)C(C)(C)C. The quantitative estimate of drug-likeness (QED) is 0.326. The first kappa shape index (κ1) is 22.7. The Hall–Kier alpha value is -1.28. The summed E-state index contributed by atoms with van der Waals surface area (Å²) in [7, 11) is -1.73. The predicted octanol–water partition coefficient (Wildman–Crippen LogP) is 4.38. The van der Waals surface area contributed by atoms with Crippen molar-refractivity contribution in [3.8, 4) is 0 Å². The van der Waals surface area contributed by atoms with E-state index in [1.807, 2.05) is 5.48 Å². The molecule has 0 fully saturated rings. The number of unbranched alkanes of at least 4 members (excludes halogenated alkanes) is 1. The Morgan fingerprint density at radius 1 is 0.958 bits per heavy atom. The maximum Gasteiger partial charge on any atom is 0.533 e. The second-order valence-corrected chi connectivity index (χ2v) is 12.9. The molecule has 1 amide bonds. The molecule has 0 aliphatic heterocycles. The van der Waals surface area contributed by atoms with E-state index < -0.39 is 26.2 Å². The highest BCUT2D eigenvalue weighted by atomic mass is 28.4. The van der Waals surface area contributed by atoms with Gasteiger partial charge in [-0.1, -0.05) is 20.8 Å². The number of ether oxygens (including phenoxy) is 2. The van der Waals surface area contributed by atoms with Crippen molar-refractivity contribution < 1.29 is 28.3 Å². The molecule has 8 heteroatoms. The zero-order valence-electron chi connectivity index (χ0n) is 16.3. The summed E-state index contributed by atoms with van der Waals surface area (Å²) in [5, 5.41) is 0.181. The van der Waals surface area contributed by atoms with Gasteiger partial charge in [-0.05, 0) is 51.7 Å². The second-order valence-electron chi connectivity index (χ2n) is 8.12. The molecular formula is C16H33NO6Si. The van der Waals surface area contributed by atoms with Gasteiger partial charge >= 0.3 is 12.2 Å². The van der Waals surface area contributed by atoms with E-state index in [1.54, 1.807) is 20.8 Å². The lowest BCUT2D eigenvalue weighted by molar-refractivity contribution is -0.0106. The summed E-state index contributed by atoms with van der Waals surface area (Å²) >= 11 is 0. The van der Waals surface area contributed by atoms with E-state index in [0.717, 1.165) is 6.42 Å². The normalized spacial score (nSPS) is 12.5. The minimum Gasteiger partial charge on any atom is -0.442 e. The molecule has 7 nitrogen and oxygen atoms in total. The summed E-state index contributed by atoms with van der Waals surface area (Å²) in [5.41, 5.74) is 1.21. The second kappa shape index (κ2) is 9.27. The molecule has 0 unspecified atom stereocenters. The average Bonchev–Trinajstić information content (AvgIpc) is 2.37. The Morgan fingerprint density at radius 3 is 2.00 bits per heavy atom. The molecule has 0 rings (SSSR count). The lowest BCUT2D eigenvalue weighted by Crippen LogP contribution is -2.41. The number of nitrogens with one attached hydrogen (secondary N) is 1. The third-order valence-electron chi connectivity index (χ3n) is 3.64. The average molecular weight is 364 g/mol. The minimum atomic E-state index is -1.73. The summed E-state index contributed by atoms with van der Waals surface area (Å²) in [6, 6.07) is 0. The van der Waals surface area contributed by atoms with Crippen LogP contribution in [0.4, 0.5) is 9.59 Å². The standard InChI is InChI=1S/C16H33NO6Si/c1-15(2,3)22-13(18)17-23-14(19)20-11-9-10-12-21-24(7,8)16(4,5)6/h9-12H2,1-8H3,(H,17,18). The van der Waals surface area contributed by atoms with Crippen LogP contribution in [0.1, 0.15) is 54.4 Å². The highest BCUT2D eigenvalue weighted by Gasteiger charge is 2.36. The molecule has 1 N–H and O–H groups in total. The first-order chi connectivity index (χ1) is 10.7. The molecule has 0 saturated heterocycles. The van der Waals surface area contributed by atoms with Crippen molar-refractivity contribution in [3.05, 3.63) is 0 Å². The summed E-state index contributed by atoms with van der Waals surface area (Å²) in [6.07, 6.45) is -0.358. The number of hydroxylamine groups is 1. The van der Waals surface area contributed by atoms with Crippen molar-refractivity contribution >= 4 is 20.6 Å². The smallest absolute Gasteiger partial charge is 0.442 e. The molecule has 0 radical (unpaired) electrons. The maximum absolute atomic E-state index is 11.3. The van der Waals surface area contributed by atoms with Gasteiger partial charge in [-0.15, -0.1) is 5.48 Å². The molecule has 0 heterocycles. The Kier molecular flexibility index (Phi) is 8.77. The molecule has 24 heavy (non-hydrogen) atoms. The van der Waals surface area contributed by atoms with Crippen molar-refractivity contribution in [2.24, 2.45) is 0 Å². The van der Waals surface area contributed by atoms with E-state index in [9.17, 15) is 9.59 Å². The van der Waals surface area contributed by atoms with E-state index in [4.69, 9.17) is 13.9 Å². The summed E-state index contributed by atoms with van der Waals surface area (Å²) in [5.74, 6) is 0. The molecule has 0 aliphatic carbocycles. The Bertz CT molecular complexity index is 412. The summed E-state index contributed by atoms with van der Waals surface area (Å²) < 4.78 is 15.8. The van der Waals surface area contributed by atoms with Crippen LogP contribution in [0, 0.1) is 0 Å². The molecule has 0 atom stereocenters. The molecule has 0 saturated carbocycles. The number of hydrogen-bond acceptors (Lipinski definition) is 6. The van der Waals surface area contributed by atoms with Gasteiger partial charge in [-0.3, -0.25) is 0 Å². The fourth-order valence-electron chi connectivity index (χ4n) is 1.32. The number of amides is 1. The van der Waals surface area contributed by atoms with Gasteiger partial charge < -0.3 is 18.7 Å². The monoisotopic (exact) mass is 363 g/mol. The maximum atomic E-state index is 11.3. The Labute approximate surface area is 146 Å². The fourth-order valence-corrected chi connectivity index (χ4v) is 2.40. The van der Waals surface area contributed by atoms with Crippen molar-refractivity contribution in [1.82, 2.24) is 5.48 Å². The van der Waals surface area contributed by atoms with Crippen LogP contribution in [0.25, 0.3) is 0 Å². The molecular weight excluding hydrogens is 330 g/mol. The number of carbonyl (C=O) groups is 2. The summed E-state index contributed by atoms with van der Waals surface area (Å²) in [4.78, 5) is 27.0. The van der Waals surface area contributed by atoms with Gasteiger partial charge in [0.05, 0.1) is 6.61 Å². The van der Waals surface area contributed by atoms with Gasteiger partial charge in [-0.2, -0.15) is 0 Å².